The van der Waals surface area contributed by atoms with E-state index < -0.39 is 0 Å². The Morgan fingerprint density at radius 3 is 2.48 bits per heavy atom. The van der Waals surface area contributed by atoms with Crippen LogP contribution in [0.4, 0.5) is 0 Å². The minimum Gasteiger partial charge on any atom is -0.496 e. The normalized spacial score (nSPS) is 20.0. The molecule has 0 bridgehead atoms. The van der Waals surface area contributed by atoms with Gasteiger partial charge in [-0.1, -0.05) is 48.5 Å². The quantitative estimate of drug-likeness (QED) is 0.518. The van der Waals surface area contributed by atoms with Gasteiger partial charge in [-0.15, -0.1) is 0 Å². The Morgan fingerprint density at radius 1 is 1.00 bits per heavy atom. The molecular formula is C27H41N3O. The van der Waals surface area contributed by atoms with E-state index >= 15 is 0 Å². The molecule has 31 heavy (non-hydrogen) atoms. The Hall–Kier alpha value is -1.88. The van der Waals surface area contributed by atoms with E-state index in [-0.39, 0.29) is 5.54 Å². The lowest BCUT2D eigenvalue weighted by atomic mass is 9.89. The van der Waals surface area contributed by atoms with Crippen molar-refractivity contribution in [2.75, 3.05) is 26.7 Å². The van der Waals surface area contributed by atoms with Crippen molar-refractivity contribution in [2.45, 2.75) is 70.6 Å². The van der Waals surface area contributed by atoms with E-state index in [2.05, 4.69) is 78.8 Å². The predicted octanol–water partition coefficient (Wildman–Crippen LogP) is 5.16. The van der Waals surface area contributed by atoms with Crippen LogP contribution in [0.1, 0.15) is 63.6 Å². The first-order chi connectivity index (χ1) is 15.0. The molecule has 1 aliphatic heterocycles. The van der Waals surface area contributed by atoms with Crippen LogP contribution in [-0.4, -0.2) is 43.2 Å². The van der Waals surface area contributed by atoms with Crippen molar-refractivity contribution in [3.63, 3.8) is 0 Å². The average Bonchev–Trinajstić information content (AvgIpc) is 2.77. The van der Waals surface area contributed by atoms with Crippen molar-refractivity contribution in [3.8, 4) is 5.75 Å². The molecule has 0 unspecified atom stereocenters. The number of nitrogens with zero attached hydrogens (tertiary/aromatic N) is 1. The minimum absolute atomic E-state index is 0.200. The standard InChI is InChI=1S/C27H41N3O/c1-27(2,3)29-18-10-11-19-30-20-12-16-24(26(30)22-13-6-5-7-14-22)28-21-23-15-8-9-17-25(23)31-4/h5-9,13-15,17,24,26,28-29H,10-12,16,18-21H2,1-4H3/t24-,26-/m0/s1. The number of piperidine rings is 1. The summed E-state index contributed by atoms with van der Waals surface area (Å²) in [6.45, 7) is 11.0. The summed E-state index contributed by atoms with van der Waals surface area (Å²) < 4.78 is 5.56. The van der Waals surface area contributed by atoms with Crippen molar-refractivity contribution in [1.82, 2.24) is 15.5 Å². The highest BCUT2D eigenvalue weighted by atomic mass is 16.5. The maximum atomic E-state index is 5.56. The van der Waals surface area contributed by atoms with Crippen LogP contribution in [0, 0.1) is 0 Å². The molecule has 0 aliphatic carbocycles. The highest BCUT2D eigenvalue weighted by Crippen LogP contribution is 2.32. The van der Waals surface area contributed by atoms with Crippen LogP contribution >= 0.6 is 0 Å². The van der Waals surface area contributed by atoms with Crippen LogP contribution in [-0.2, 0) is 6.54 Å². The fraction of sp³-hybridized carbons (Fsp3) is 0.556. The number of methoxy groups -OCH3 is 1. The van der Waals surface area contributed by atoms with Gasteiger partial charge in [0.05, 0.1) is 13.2 Å². The number of nitrogens with one attached hydrogen (secondary N) is 2. The molecule has 1 aliphatic rings. The van der Waals surface area contributed by atoms with Gasteiger partial charge in [-0.05, 0) is 77.7 Å². The first-order valence-corrected chi connectivity index (χ1v) is 11.9. The molecule has 1 heterocycles. The van der Waals surface area contributed by atoms with Crippen molar-refractivity contribution in [3.05, 3.63) is 65.7 Å². The number of unbranched alkanes of at least 4 members (excludes halogenated alkanes) is 1. The molecule has 2 aromatic carbocycles. The van der Waals surface area contributed by atoms with Crippen molar-refractivity contribution in [2.24, 2.45) is 0 Å². The van der Waals surface area contributed by atoms with E-state index in [1.165, 1.54) is 43.4 Å². The van der Waals surface area contributed by atoms with Crippen LogP contribution in [0.5, 0.6) is 5.75 Å². The lowest BCUT2D eigenvalue weighted by Gasteiger charge is -2.42. The van der Waals surface area contributed by atoms with Gasteiger partial charge in [-0.2, -0.15) is 0 Å². The summed E-state index contributed by atoms with van der Waals surface area (Å²) in [6.07, 6.45) is 4.89. The summed E-state index contributed by atoms with van der Waals surface area (Å²) >= 11 is 0. The van der Waals surface area contributed by atoms with Gasteiger partial charge in [-0.3, -0.25) is 4.90 Å². The van der Waals surface area contributed by atoms with Gasteiger partial charge in [0.1, 0.15) is 5.75 Å². The summed E-state index contributed by atoms with van der Waals surface area (Å²) in [5, 5.41) is 7.50. The molecule has 3 rings (SSSR count). The van der Waals surface area contributed by atoms with E-state index in [0.717, 1.165) is 25.4 Å². The van der Waals surface area contributed by atoms with Gasteiger partial charge >= 0.3 is 0 Å². The summed E-state index contributed by atoms with van der Waals surface area (Å²) in [5.74, 6) is 0.963. The lowest BCUT2D eigenvalue weighted by molar-refractivity contribution is 0.108. The molecule has 1 saturated heterocycles. The summed E-state index contributed by atoms with van der Waals surface area (Å²) in [4.78, 5) is 2.70. The van der Waals surface area contributed by atoms with Gasteiger partial charge < -0.3 is 15.4 Å². The smallest absolute Gasteiger partial charge is 0.123 e. The molecule has 0 saturated carbocycles. The topological polar surface area (TPSA) is 36.5 Å². The number of para-hydroxylation sites is 1. The second-order valence-corrected chi connectivity index (χ2v) is 9.72. The van der Waals surface area contributed by atoms with Crippen LogP contribution in [0.2, 0.25) is 0 Å². The Labute approximate surface area is 189 Å². The number of benzene rings is 2. The van der Waals surface area contributed by atoms with Gasteiger partial charge in [0, 0.05) is 23.7 Å². The Morgan fingerprint density at radius 2 is 1.74 bits per heavy atom. The molecule has 0 radical (unpaired) electrons. The van der Waals surface area contributed by atoms with E-state index in [9.17, 15) is 0 Å². The van der Waals surface area contributed by atoms with Crippen LogP contribution in [0.3, 0.4) is 0 Å². The second kappa shape index (κ2) is 11.7. The number of rotatable bonds is 10. The molecule has 4 nitrogen and oxygen atoms in total. The zero-order valence-corrected chi connectivity index (χ0v) is 19.9. The second-order valence-electron chi connectivity index (χ2n) is 9.72. The third kappa shape index (κ3) is 7.34. The third-order valence-electron chi connectivity index (χ3n) is 6.15. The van der Waals surface area contributed by atoms with Gasteiger partial charge in [-0.25, -0.2) is 0 Å². The molecule has 170 valence electrons. The maximum absolute atomic E-state index is 5.56. The summed E-state index contributed by atoms with van der Waals surface area (Å²) in [5.41, 5.74) is 2.85. The molecule has 4 heteroatoms. The van der Waals surface area contributed by atoms with Crippen molar-refractivity contribution < 1.29 is 4.74 Å². The molecule has 2 aromatic rings. The molecule has 2 atom stereocenters. The number of likely N-dealkylation sites (tertiary alicyclic amines) is 1. The van der Waals surface area contributed by atoms with Gasteiger partial charge in [0.2, 0.25) is 0 Å². The largest absolute Gasteiger partial charge is 0.496 e. The van der Waals surface area contributed by atoms with Crippen LogP contribution < -0.4 is 15.4 Å². The SMILES string of the molecule is COc1ccccc1CN[C@H]1CCCN(CCCCNC(C)(C)C)[C@H]1c1ccccc1. The van der Waals surface area contributed by atoms with E-state index in [1.807, 2.05) is 12.1 Å². The first-order valence-electron chi connectivity index (χ1n) is 11.9. The Bertz CT molecular complexity index is 772. The van der Waals surface area contributed by atoms with E-state index in [1.54, 1.807) is 7.11 Å². The Kier molecular flexibility index (Phi) is 8.94. The molecule has 2 N–H and O–H groups in total. The average molecular weight is 424 g/mol. The van der Waals surface area contributed by atoms with Crippen LogP contribution in [0.25, 0.3) is 0 Å². The molecule has 1 fully saturated rings. The monoisotopic (exact) mass is 423 g/mol. The highest BCUT2D eigenvalue weighted by molar-refractivity contribution is 5.33. The lowest BCUT2D eigenvalue weighted by Crippen LogP contribution is -2.48. The summed E-state index contributed by atoms with van der Waals surface area (Å²) in [7, 11) is 1.75. The van der Waals surface area contributed by atoms with Gasteiger partial charge in [0.25, 0.3) is 0 Å². The van der Waals surface area contributed by atoms with Crippen molar-refractivity contribution in [1.29, 1.82) is 0 Å². The predicted molar refractivity (Wildman–Crippen MR) is 131 cm³/mol. The zero-order chi connectivity index (χ0) is 22.1. The minimum atomic E-state index is 0.200. The molecule has 0 spiro atoms. The third-order valence-corrected chi connectivity index (χ3v) is 6.15. The van der Waals surface area contributed by atoms with E-state index in [0.29, 0.717) is 12.1 Å². The highest BCUT2D eigenvalue weighted by Gasteiger charge is 2.32. The zero-order valence-electron chi connectivity index (χ0n) is 19.9. The number of hydrogen-bond acceptors (Lipinski definition) is 4. The first kappa shape index (κ1) is 23.8. The molecule has 0 amide bonds. The van der Waals surface area contributed by atoms with Crippen LogP contribution in [0.15, 0.2) is 54.6 Å². The molecular weight excluding hydrogens is 382 g/mol. The number of ether oxygens (including phenoxy) is 1. The summed E-state index contributed by atoms with van der Waals surface area (Å²) in [6, 6.07) is 20.2. The van der Waals surface area contributed by atoms with E-state index in [4.69, 9.17) is 4.74 Å². The fourth-order valence-corrected chi connectivity index (χ4v) is 4.62. The fourth-order valence-electron chi connectivity index (χ4n) is 4.62. The molecule has 0 aromatic heterocycles. The van der Waals surface area contributed by atoms with Crippen molar-refractivity contribution >= 4 is 0 Å². The Balaban J connectivity index is 1.65. The number of hydrogen-bond donors (Lipinski definition) is 2. The maximum Gasteiger partial charge on any atom is 0.123 e. The van der Waals surface area contributed by atoms with Gasteiger partial charge in [0.15, 0.2) is 0 Å².